The van der Waals surface area contributed by atoms with Crippen LogP contribution in [0.1, 0.15) is 188 Å². The lowest BCUT2D eigenvalue weighted by atomic mass is 9.94. The van der Waals surface area contributed by atoms with Crippen molar-refractivity contribution in [2.24, 2.45) is 23.7 Å². The zero-order valence-electron chi connectivity index (χ0n) is 52.3. The minimum Gasteiger partial charge on any atom is -0.481 e. The molecule has 0 aromatic carbocycles. The molecule has 27 heteroatoms. The van der Waals surface area contributed by atoms with Gasteiger partial charge in [0.1, 0.15) is 31.4 Å². The van der Waals surface area contributed by atoms with Gasteiger partial charge in [-0.05, 0) is 45.4 Å². The van der Waals surface area contributed by atoms with E-state index in [-0.39, 0.29) is 186 Å². The first-order valence-corrected chi connectivity index (χ1v) is 31.0. The zero-order valence-corrected chi connectivity index (χ0v) is 52.3. The average Bonchev–Trinajstić information content (AvgIpc) is 3.49. The molecular weight excluding hydrogens is 1160 g/mol. The number of amides is 3. The summed E-state index contributed by atoms with van der Waals surface area (Å²) in [4.78, 5) is 150. The van der Waals surface area contributed by atoms with E-state index in [0.717, 1.165) is 57.8 Å². The standard InChI is InChI=1S/C33H57NO11.C28H46N2O13/c1-2-26(32(40)41)23-29(36)25-45-22-21-44-20-19-34-30(37)18-17-27(33(42)43)24-28(35)15-13-11-9-7-5-3-4-6-8-10-12-14-16-31(38)39;1-3-25(34)29-8-10-40-12-14-43-19-24(33)17-22(28(38)39)6-7-26(35)30-9-11-41-13-15-42-18-23(32)16-21(27(36)37)5-4-20(2)31/h26-27H,2-25H2,1H3,(H,34,37)(H,38,39)(H,40,41)(H,42,43);21-22H,3-19H2,1-2H3,(H,29,34)(H,30,35)(H,36,37)(H,38,39)/t26-,27-;21-,22-/m11/s1. The van der Waals surface area contributed by atoms with E-state index in [4.69, 9.17) is 43.7 Å². The van der Waals surface area contributed by atoms with E-state index in [1.54, 1.807) is 13.8 Å². The molecule has 0 fully saturated rings. The van der Waals surface area contributed by atoms with Gasteiger partial charge >= 0.3 is 29.8 Å². The number of nitrogens with one attached hydrogen (secondary N) is 3. The van der Waals surface area contributed by atoms with Crippen LogP contribution in [0.3, 0.4) is 0 Å². The van der Waals surface area contributed by atoms with Gasteiger partial charge in [0, 0.05) is 83.8 Å². The molecule has 88 heavy (non-hydrogen) atoms. The van der Waals surface area contributed by atoms with Crippen LogP contribution in [0.15, 0.2) is 0 Å². The summed E-state index contributed by atoms with van der Waals surface area (Å²) in [6.07, 6.45) is 13.5. The maximum Gasteiger partial charge on any atom is 0.306 e. The van der Waals surface area contributed by atoms with Gasteiger partial charge in [-0.25, -0.2) is 0 Å². The summed E-state index contributed by atoms with van der Waals surface area (Å²) in [5.74, 6) is -10.8. The lowest BCUT2D eigenvalue weighted by Gasteiger charge is -2.12. The summed E-state index contributed by atoms with van der Waals surface area (Å²) in [6, 6.07) is 0. The molecule has 0 aliphatic heterocycles. The fraction of sp³-hybridized carbons (Fsp3) is 0.787. The molecule has 0 rings (SSSR count). The van der Waals surface area contributed by atoms with Crippen LogP contribution in [-0.2, 0) is 90.8 Å². The number of hydrogen-bond acceptors (Lipinski definition) is 19. The van der Waals surface area contributed by atoms with E-state index < -0.39 is 71.0 Å². The van der Waals surface area contributed by atoms with Crippen molar-refractivity contribution in [3.05, 3.63) is 0 Å². The van der Waals surface area contributed by atoms with Gasteiger partial charge < -0.3 is 74.7 Å². The van der Waals surface area contributed by atoms with Crippen LogP contribution in [0.4, 0.5) is 0 Å². The van der Waals surface area contributed by atoms with Crippen molar-refractivity contribution in [3.8, 4) is 0 Å². The van der Waals surface area contributed by atoms with Crippen LogP contribution in [-0.4, -0.2) is 201 Å². The number of aliphatic carboxylic acids is 5. The maximum atomic E-state index is 12.3. The van der Waals surface area contributed by atoms with Gasteiger partial charge in [0.2, 0.25) is 17.7 Å². The number of carbonyl (C=O) groups is 13. The summed E-state index contributed by atoms with van der Waals surface area (Å²) in [6.45, 7) is 6.39. The van der Waals surface area contributed by atoms with E-state index >= 15 is 0 Å². The number of hydrogen-bond donors (Lipinski definition) is 8. The normalized spacial score (nSPS) is 12.3. The molecule has 0 spiro atoms. The molecule has 27 nitrogen and oxygen atoms in total. The molecule has 0 bridgehead atoms. The summed E-state index contributed by atoms with van der Waals surface area (Å²) in [5, 5.41) is 53.5. The third kappa shape index (κ3) is 55.2. The van der Waals surface area contributed by atoms with Gasteiger partial charge in [0.25, 0.3) is 0 Å². The SMILES string of the molecule is CCC(=O)NCCOCCOCC(=O)C[C@@H](CCC(=O)NCCOCCOCC(=O)C[C@@H](CCC(C)=O)C(=O)O)C(=O)O.CC[C@H](CC(=O)COCCOCCNC(=O)CC[C@H](CC(=O)CCCCCCCCCCCCCCC(=O)O)C(=O)O)C(=O)O. The minimum absolute atomic E-state index is 0.00467. The zero-order chi connectivity index (χ0) is 66.2. The minimum atomic E-state index is -1.19. The van der Waals surface area contributed by atoms with Crippen molar-refractivity contribution < 1.29 is 116 Å². The van der Waals surface area contributed by atoms with Gasteiger partial charge in [0.15, 0.2) is 17.3 Å². The molecule has 0 aromatic rings. The Labute approximate surface area is 517 Å². The van der Waals surface area contributed by atoms with Crippen LogP contribution in [0.25, 0.3) is 0 Å². The van der Waals surface area contributed by atoms with Crippen molar-refractivity contribution in [1.82, 2.24) is 16.0 Å². The Morgan fingerprint density at radius 3 is 0.943 bits per heavy atom. The molecule has 0 heterocycles. The molecular formula is C61H103N3O24. The Balaban J connectivity index is 0. The maximum absolute atomic E-state index is 12.3. The first kappa shape index (κ1) is 83.9. The Kier molecular flexibility index (Phi) is 54.7. The third-order valence-electron chi connectivity index (χ3n) is 13.6. The quantitative estimate of drug-likeness (QED) is 0.0355. The molecule has 0 aliphatic carbocycles. The highest BCUT2D eigenvalue weighted by atomic mass is 16.5. The van der Waals surface area contributed by atoms with Crippen molar-refractivity contribution >= 4 is 76.5 Å². The van der Waals surface area contributed by atoms with Crippen LogP contribution in [0.5, 0.6) is 0 Å². The summed E-state index contributed by atoms with van der Waals surface area (Å²) < 4.78 is 31.4. The predicted octanol–water partition coefficient (Wildman–Crippen LogP) is 5.36. The van der Waals surface area contributed by atoms with Gasteiger partial charge in [0.05, 0.1) is 83.1 Å². The highest BCUT2D eigenvalue weighted by Crippen LogP contribution is 2.18. The first-order valence-electron chi connectivity index (χ1n) is 31.0. The van der Waals surface area contributed by atoms with Crippen molar-refractivity contribution in [3.63, 3.8) is 0 Å². The molecule has 0 unspecified atom stereocenters. The summed E-state index contributed by atoms with van der Waals surface area (Å²) in [7, 11) is 0. The van der Waals surface area contributed by atoms with Crippen LogP contribution in [0, 0.1) is 23.7 Å². The molecule has 4 atom stereocenters. The average molecular weight is 1260 g/mol. The Morgan fingerprint density at radius 2 is 0.625 bits per heavy atom. The van der Waals surface area contributed by atoms with E-state index in [2.05, 4.69) is 16.0 Å². The first-order chi connectivity index (χ1) is 42.0. The number of unbranched alkanes of at least 4 members (excludes halogenated alkanes) is 11. The largest absolute Gasteiger partial charge is 0.481 e. The number of Topliss-reactive ketones (excluding diaryl/α,β-unsaturated/α-hetero) is 5. The Bertz CT molecular complexity index is 2040. The molecule has 0 aromatic heterocycles. The van der Waals surface area contributed by atoms with Gasteiger partial charge in [-0.3, -0.25) is 57.5 Å². The number of carboxylic acids is 5. The number of carboxylic acid groups (broad SMARTS) is 5. The molecule has 0 saturated heterocycles. The molecule has 8 N–H and O–H groups in total. The molecule has 0 saturated carbocycles. The van der Waals surface area contributed by atoms with E-state index in [0.29, 0.717) is 32.4 Å². The van der Waals surface area contributed by atoms with Crippen molar-refractivity contribution in [2.75, 3.05) is 98.9 Å². The predicted molar refractivity (Wildman–Crippen MR) is 318 cm³/mol. The second kappa shape index (κ2) is 57.3. The van der Waals surface area contributed by atoms with Gasteiger partial charge in [-0.15, -0.1) is 0 Å². The van der Waals surface area contributed by atoms with Crippen LogP contribution < -0.4 is 16.0 Å². The highest BCUT2D eigenvalue weighted by molar-refractivity contribution is 5.87. The molecule has 506 valence electrons. The van der Waals surface area contributed by atoms with Crippen LogP contribution >= 0.6 is 0 Å². The third-order valence-corrected chi connectivity index (χ3v) is 13.6. The Hall–Kier alpha value is -6.13. The van der Waals surface area contributed by atoms with E-state index in [9.17, 15) is 72.5 Å². The number of carbonyl (C=O) groups excluding carboxylic acids is 8. The van der Waals surface area contributed by atoms with Gasteiger partial charge in [-0.2, -0.15) is 0 Å². The monoisotopic (exact) mass is 1260 g/mol. The highest BCUT2D eigenvalue weighted by Gasteiger charge is 2.25. The molecule has 3 amide bonds. The van der Waals surface area contributed by atoms with E-state index in [1.165, 1.54) is 26.2 Å². The van der Waals surface area contributed by atoms with E-state index in [1.807, 2.05) is 0 Å². The fourth-order valence-corrected chi connectivity index (χ4v) is 8.38. The van der Waals surface area contributed by atoms with Gasteiger partial charge in [-0.1, -0.05) is 78.1 Å². The fourth-order valence-electron chi connectivity index (χ4n) is 8.38. The summed E-state index contributed by atoms with van der Waals surface area (Å²) in [5.41, 5.74) is 0. The number of ether oxygens (including phenoxy) is 6. The van der Waals surface area contributed by atoms with Crippen molar-refractivity contribution in [1.29, 1.82) is 0 Å². The van der Waals surface area contributed by atoms with Crippen LogP contribution in [0.2, 0.25) is 0 Å². The second-order valence-corrected chi connectivity index (χ2v) is 21.4. The topological polar surface area (TPSA) is 415 Å². The summed E-state index contributed by atoms with van der Waals surface area (Å²) >= 11 is 0. The lowest BCUT2D eigenvalue weighted by molar-refractivity contribution is -0.145. The Morgan fingerprint density at radius 1 is 0.330 bits per heavy atom. The number of ketones is 5. The lowest BCUT2D eigenvalue weighted by Crippen LogP contribution is -2.29. The van der Waals surface area contributed by atoms with Crippen molar-refractivity contribution in [2.45, 2.75) is 188 Å². The second-order valence-electron chi connectivity index (χ2n) is 21.4. The molecule has 0 aliphatic rings. The smallest absolute Gasteiger partial charge is 0.306 e. The number of rotatable bonds is 62. The molecule has 0 radical (unpaired) electrons.